The lowest BCUT2D eigenvalue weighted by Crippen LogP contribution is -2.14. The molecule has 112 valence electrons. The third-order valence-electron chi connectivity index (χ3n) is 3.01. The normalized spacial score (nSPS) is 11.2. The maximum absolute atomic E-state index is 11.0. The highest BCUT2D eigenvalue weighted by molar-refractivity contribution is 14.1. The lowest BCUT2D eigenvalue weighted by molar-refractivity contribution is -0.140. The van der Waals surface area contributed by atoms with Gasteiger partial charge in [0, 0.05) is 15.6 Å². The molecule has 0 spiro atoms. The minimum Gasteiger partial charge on any atom is -0.493 e. The quantitative estimate of drug-likeness (QED) is 0.413. The van der Waals surface area contributed by atoms with Crippen molar-refractivity contribution in [2.75, 3.05) is 13.7 Å². The van der Waals surface area contributed by atoms with E-state index in [1.165, 1.54) is 16.2 Å². The van der Waals surface area contributed by atoms with Crippen molar-refractivity contribution in [2.24, 2.45) is 0 Å². The summed E-state index contributed by atoms with van der Waals surface area (Å²) in [7, 11) is 1.42. The topological polar surface area (TPSA) is 35.5 Å². The first-order valence-electron chi connectivity index (χ1n) is 6.84. The van der Waals surface area contributed by atoms with E-state index in [4.69, 9.17) is 4.74 Å². The van der Waals surface area contributed by atoms with E-state index < -0.39 is 0 Å². The first kappa shape index (κ1) is 17.3. The fourth-order valence-corrected chi connectivity index (χ4v) is 2.36. The number of esters is 1. The monoisotopic (exact) mass is 390 g/mol. The molecule has 0 aliphatic rings. The number of rotatable bonds is 6. The first-order chi connectivity index (χ1) is 9.34. The molecule has 1 aromatic rings. The molecule has 0 fully saturated rings. The molecule has 0 amide bonds. The number of hydrogen-bond acceptors (Lipinski definition) is 3. The van der Waals surface area contributed by atoms with Gasteiger partial charge in [-0.05, 0) is 59.0 Å². The van der Waals surface area contributed by atoms with Gasteiger partial charge in [0.2, 0.25) is 0 Å². The second kappa shape index (κ2) is 7.86. The van der Waals surface area contributed by atoms with Crippen LogP contribution in [-0.4, -0.2) is 19.7 Å². The molecule has 0 unspecified atom stereocenters. The van der Waals surface area contributed by atoms with Gasteiger partial charge in [0.1, 0.15) is 5.75 Å². The predicted molar refractivity (Wildman–Crippen MR) is 89.2 cm³/mol. The molecule has 0 aliphatic carbocycles. The Kier molecular flexibility index (Phi) is 6.79. The summed E-state index contributed by atoms with van der Waals surface area (Å²) in [4.78, 5) is 11.0. The van der Waals surface area contributed by atoms with Crippen molar-refractivity contribution < 1.29 is 14.3 Å². The zero-order valence-electron chi connectivity index (χ0n) is 12.7. The van der Waals surface area contributed by atoms with Gasteiger partial charge in [-0.2, -0.15) is 0 Å². The maximum Gasteiger partial charge on any atom is 0.305 e. The Labute approximate surface area is 135 Å². The Bertz CT molecular complexity index is 450. The van der Waals surface area contributed by atoms with Crippen molar-refractivity contribution in [3.8, 4) is 5.75 Å². The van der Waals surface area contributed by atoms with Gasteiger partial charge in [0.25, 0.3) is 0 Å². The van der Waals surface area contributed by atoms with Gasteiger partial charge in [-0.15, -0.1) is 0 Å². The van der Waals surface area contributed by atoms with Crippen LogP contribution in [0.15, 0.2) is 18.2 Å². The van der Waals surface area contributed by atoms with Gasteiger partial charge < -0.3 is 9.47 Å². The fraction of sp³-hybridized carbons (Fsp3) is 0.562. The molecule has 0 aromatic heterocycles. The minimum atomic E-state index is -0.158. The van der Waals surface area contributed by atoms with Crippen LogP contribution in [0.3, 0.4) is 0 Å². The maximum atomic E-state index is 11.0. The van der Waals surface area contributed by atoms with Crippen LogP contribution in [0.25, 0.3) is 0 Å². The zero-order valence-corrected chi connectivity index (χ0v) is 14.8. The van der Waals surface area contributed by atoms with Crippen LogP contribution in [0, 0.1) is 3.57 Å². The minimum absolute atomic E-state index is 0.0581. The summed E-state index contributed by atoms with van der Waals surface area (Å²) < 4.78 is 11.7. The molecule has 0 bridgehead atoms. The Morgan fingerprint density at radius 1 is 1.25 bits per heavy atom. The van der Waals surface area contributed by atoms with E-state index in [1.54, 1.807) is 0 Å². The summed E-state index contributed by atoms with van der Waals surface area (Å²) in [6.07, 6.45) is 2.10. The second-order valence-electron chi connectivity index (χ2n) is 5.77. The average molecular weight is 390 g/mol. The predicted octanol–water partition coefficient (Wildman–Crippen LogP) is 4.31. The summed E-state index contributed by atoms with van der Waals surface area (Å²) >= 11 is 2.32. The van der Waals surface area contributed by atoms with Crippen LogP contribution >= 0.6 is 22.6 Å². The van der Waals surface area contributed by atoms with Crippen LogP contribution < -0.4 is 4.74 Å². The van der Waals surface area contributed by atoms with Crippen LogP contribution in [0.4, 0.5) is 0 Å². The van der Waals surface area contributed by atoms with Gasteiger partial charge in [-0.3, -0.25) is 4.79 Å². The summed E-state index contributed by atoms with van der Waals surface area (Å²) in [5.74, 6) is 0.783. The molecule has 0 N–H and O–H groups in total. The number of carbonyl (C=O) groups excluding carboxylic acids is 1. The highest BCUT2D eigenvalue weighted by atomic mass is 127. The number of halogens is 1. The Morgan fingerprint density at radius 2 is 1.95 bits per heavy atom. The van der Waals surface area contributed by atoms with E-state index in [0.29, 0.717) is 13.0 Å². The highest BCUT2D eigenvalue weighted by Gasteiger charge is 2.19. The van der Waals surface area contributed by atoms with E-state index in [1.807, 2.05) is 6.07 Å². The van der Waals surface area contributed by atoms with Crippen LogP contribution in [0.1, 0.15) is 45.6 Å². The molecule has 1 aromatic carbocycles. The summed E-state index contributed by atoms with van der Waals surface area (Å²) in [5.41, 5.74) is 1.28. The number of ether oxygens (including phenoxy) is 2. The third-order valence-corrected chi connectivity index (χ3v) is 3.68. The Hall–Kier alpha value is -0.780. The molecule has 4 heteroatoms. The van der Waals surface area contributed by atoms with Crippen molar-refractivity contribution in [1.82, 2.24) is 0 Å². The zero-order chi connectivity index (χ0) is 15.2. The molecule has 1 rings (SSSR count). The SMILES string of the molecule is COC(=O)CCCCOc1ccc(I)cc1C(C)(C)C. The largest absolute Gasteiger partial charge is 0.493 e. The van der Waals surface area contributed by atoms with Crippen LogP contribution in [0.5, 0.6) is 5.75 Å². The number of methoxy groups -OCH3 is 1. The van der Waals surface area contributed by atoms with E-state index in [0.717, 1.165) is 18.6 Å². The smallest absolute Gasteiger partial charge is 0.305 e. The first-order valence-corrected chi connectivity index (χ1v) is 7.92. The molecule has 0 saturated heterocycles. The third kappa shape index (κ3) is 5.69. The van der Waals surface area contributed by atoms with Crippen molar-refractivity contribution in [3.63, 3.8) is 0 Å². The van der Waals surface area contributed by atoms with Crippen LogP contribution in [0.2, 0.25) is 0 Å². The molecule has 0 heterocycles. The standard InChI is InChI=1S/C16H23IO3/c1-16(2,3)13-11-12(17)8-9-14(13)20-10-6-5-7-15(18)19-4/h8-9,11H,5-7,10H2,1-4H3. The van der Waals surface area contributed by atoms with Gasteiger partial charge in [-0.1, -0.05) is 20.8 Å². The molecule has 3 nitrogen and oxygen atoms in total. The van der Waals surface area contributed by atoms with Crippen molar-refractivity contribution in [3.05, 3.63) is 27.3 Å². The molecule has 20 heavy (non-hydrogen) atoms. The Morgan fingerprint density at radius 3 is 2.55 bits per heavy atom. The highest BCUT2D eigenvalue weighted by Crippen LogP contribution is 2.32. The van der Waals surface area contributed by atoms with E-state index >= 15 is 0 Å². The van der Waals surface area contributed by atoms with Gasteiger partial charge >= 0.3 is 5.97 Å². The average Bonchev–Trinajstić information content (AvgIpc) is 2.38. The molecule has 0 atom stereocenters. The number of carbonyl (C=O) groups is 1. The lowest BCUT2D eigenvalue weighted by Gasteiger charge is -2.23. The lowest BCUT2D eigenvalue weighted by atomic mass is 9.86. The van der Waals surface area contributed by atoms with Crippen molar-refractivity contribution in [1.29, 1.82) is 0 Å². The van der Waals surface area contributed by atoms with Crippen molar-refractivity contribution in [2.45, 2.75) is 45.4 Å². The van der Waals surface area contributed by atoms with Gasteiger partial charge in [-0.25, -0.2) is 0 Å². The van der Waals surface area contributed by atoms with Gasteiger partial charge in [0.15, 0.2) is 0 Å². The summed E-state index contributed by atoms with van der Waals surface area (Å²) in [6, 6.07) is 6.26. The Balaban J connectivity index is 2.54. The summed E-state index contributed by atoms with van der Waals surface area (Å²) in [6.45, 7) is 7.17. The fourth-order valence-electron chi connectivity index (χ4n) is 1.87. The van der Waals surface area contributed by atoms with Gasteiger partial charge in [0.05, 0.1) is 13.7 Å². The van der Waals surface area contributed by atoms with Crippen molar-refractivity contribution >= 4 is 28.6 Å². The molecule has 0 aliphatic heterocycles. The molecular formula is C16H23IO3. The van der Waals surface area contributed by atoms with Crippen LogP contribution in [-0.2, 0) is 14.9 Å². The number of unbranched alkanes of at least 4 members (excludes halogenated alkanes) is 1. The number of hydrogen-bond donors (Lipinski definition) is 0. The summed E-state index contributed by atoms with van der Waals surface area (Å²) in [5, 5.41) is 0. The number of benzene rings is 1. The van der Waals surface area contributed by atoms with E-state index in [2.05, 4.69) is 60.2 Å². The molecular weight excluding hydrogens is 367 g/mol. The van der Waals surface area contributed by atoms with E-state index in [-0.39, 0.29) is 11.4 Å². The van der Waals surface area contributed by atoms with E-state index in [9.17, 15) is 4.79 Å². The molecule has 0 radical (unpaired) electrons. The molecule has 0 saturated carbocycles. The second-order valence-corrected chi connectivity index (χ2v) is 7.02.